The van der Waals surface area contributed by atoms with E-state index in [4.69, 9.17) is 4.99 Å². The third kappa shape index (κ3) is 10.3. The van der Waals surface area contributed by atoms with E-state index in [0.29, 0.717) is 6.04 Å². The van der Waals surface area contributed by atoms with Gasteiger partial charge in [0.15, 0.2) is 5.96 Å². The molecule has 0 radical (unpaired) electrons. The van der Waals surface area contributed by atoms with Gasteiger partial charge in [0.2, 0.25) is 0 Å². The smallest absolute Gasteiger partial charge is 0.191 e. The van der Waals surface area contributed by atoms with Gasteiger partial charge >= 0.3 is 0 Å². The van der Waals surface area contributed by atoms with Crippen LogP contribution in [-0.4, -0.2) is 55.2 Å². The highest BCUT2D eigenvalue weighted by Crippen LogP contribution is 2.13. The molecular formula is C21H38IN5. The topological polar surface area (TPSA) is 51.7 Å². The molecule has 0 spiro atoms. The van der Waals surface area contributed by atoms with Crippen molar-refractivity contribution in [1.82, 2.24) is 20.9 Å². The first-order chi connectivity index (χ1) is 12.5. The summed E-state index contributed by atoms with van der Waals surface area (Å²) in [5.74, 6) is 0.949. The number of guanidine groups is 1. The molecule has 27 heavy (non-hydrogen) atoms. The molecule has 0 saturated carbocycles. The van der Waals surface area contributed by atoms with Crippen LogP contribution in [0.2, 0.25) is 0 Å². The molecule has 0 aromatic heterocycles. The lowest BCUT2D eigenvalue weighted by Crippen LogP contribution is -2.48. The second kappa shape index (κ2) is 12.6. The van der Waals surface area contributed by atoms with Gasteiger partial charge in [0, 0.05) is 44.3 Å². The lowest BCUT2D eigenvalue weighted by atomic mass is 10.0. The Bertz CT molecular complexity index is 533. The van der Waals surface area contributed by atoms with Gasteiger partial charge in [0.1, 0.15) is 0 Å². The van der Waals surface area contributed by atoms with E-state index in [0.717, 1.165) is 58.1 Å². The fourth-order valence-corrected chi connectivity index (χ4v) is 3.19. The SMILES string of the molecule is CCNC(=NCCNC(C)(C)C)NC1CCN(Cc2ccccc2)CC1.I. The zero-order valence-corrected chi connectivity index (χ0v) is 19.8. The first kappa shape index (κ1) is 24.2. The van der Waals surface area contributed by atoms with Crippen LogP contribution in [0.5, 0.6) is 0 Å². The van der Waals surface area contributed by atoms with Crippen molar-refractivity contribution in [3.63, 3.8) is 0 Å². The van der Waals surface area contributed by atoms with Gasteiger partial charge in [-0.25, -0.2) is 0 Å². The molecule has 3 N–H and O–H groups in total. The minimum absolute atomic E-state index is 0. The number of hydrogen-bond acceptors (Lipinski definition) is 3. The molecule has 1 heterocycles. The monoisotopic (exact) mass is 487 g/mol. The number of rotatable bonds is 7. The summed E-state index contributed by atoms with van der Waals surface area (Å²) in [5.41, 5.74) is 1.55. The molecule has 5 nitrogen and oxygen atoms in total. The molecule has 0 amide bonds. The summed E-state index contributed by atoms with van der Waals surface area (Å²) in [6.07, 6.45) is 2.33. The standard InChI is InChI=1S/C21H37N5.HI/c1-5-22-20(23-13-14-24-21(2,3)4)25-19-11-15-26(16-12-19)17-18-9-7-6-8-10-18;/h6-10,19,24H,5,11-17H2,1-4H3,(H2,22,23,25);1H. The Morgan fingerprint density at radius 1 is 1.15 bits per heavy atom. The summed E-state index contributed by atoms with van der Waals surface area (Å²) in [7, 11) is 0. The number of aliphatic imine (C=N–C) groups is 1. The zero-order chi connectivity index (χ0) is 18.8. The van der Waals surface area contributed by atoms with Gasteiger partial charge in [-0.2, -0.15) is 0 Å². The van der Waals surface area contributed by atoms with Crippen LogP contribution >= 0.6 is 24.0 Å². The Morgan fingerprint density at radius 3 is 2.41 bits per heavy atom. The van der Waals surface area contributed by atoms with Gasteiger partial charge in [-0.15, -0.1) is 24.0 Å². The molecule has 1 aromatic carbocycles. The lowest BCUT2D eigenvalue weighted by molar-refractivity contribution is 0.198. The molecule has 0 unspecified atom stereocenters. The van der Waals surface area contributed by atoms with Crippen LogP contribution in [0.1, 0.15) is 46.1 Å². The van der Waals surface area contributed by atoms with Gasteiger partial charge in [-0.3, -0.25) is 9.89 Å². The highest BCUT2D eigenvalue weighted by Gasteiger charge is 2.20. The third-order valence-electron chi connectivity index (χ3n) is 4.56. The molecule has 1 fully saturated rings. The zero-order valence-electron chi connectivity index (χ0n) is 17.4. The van der Waals surface area contributed by atoms with Crippen molar-refractivity contribution in [3.8, 4) is 0 Å². The van der Waals surface area contributed by atoms with Crippen molar-refractivity contribution in [2.45, 2.75) is 58.7 Å². The number of piperidine rings is 1. The van der Waals surface area contributed by atoms with E-state index < -0.39 is 0 Å². The van der Waals surface area contributed by atoms with E-state index in [-0.39, 0.29) is 29.5 Å². The molecule has 6 heteroatoms. The Kier molecular flexibility index (Phi) is 11.3. The summed E-state index contributed by atoms with van der Waals surface area (Å²) in [4.78, 5) is 7.26. The maximum atomic E-state index is 4.72. The van der Waals surface area contributed by atoms with Crippen LogP contribution in [0.15, 0.2) is 35.3 Å². The first-order valence-electron chi connectivity index (χ1n) is 10.0. The molecule has 2 rings (SSSR count). The summed E-state index contributed by atoms with van der Waals surface area (Å²) < 4.78 is 0. The first-order valence-corrected chi connectivity index (χ1v) is 10.0. The van der Waals surface area contributed by atoms with Crippen molar-refractivity contribution in [3.05, 3.63) is 35.9 Å². The molecular weight excluding hydrogens is 449 g/mol. The van der Waals surface area contributed by atoms with E-state index in [2.05, 4.69) is 78.9 Å². The van der Waals surface area contributed by atoms with Crippen LogP contribution in [0.4, 0.5) is 0 Å². The van der Waals surface area contributed by atoms with Crippen molar-refractivity contribution in [1.29, 1.82) is 0 Å². The molecule has 1 saturated heterocycles. The predicted octanol–water partition coefficient (Wildman–Crippen LogP) is 3.21. The summed E-state index contributed by atoms with van der Waals surface area (Å²) in [6, 6.07) is 11.3. The highest BCUT2D eigenvalue weighted by molar-refractivity contribution is 14.0. The maximum Gasteiger partial charge on any atom is 0.191 e. The number of hydrogen-bond donors (Lipinski definition) is 3. The molecule has 1 aliphatic rings. The molecule has 0 bridgehead atoms. The minimum atomic E-state index is 0. The normalized spacial score (nSPS) is 16.7. The van der Waals surface area contributed by atoms with Crippen molar-refractivity contribution >= 4 is 29.9 Å². The average Bonchev–Trinajstić information content (AvgIpc) is 2.60. The van der Waals surface area contributed by atoms with Gasteiger partial charge < -0.3 is 16.0 Å². The molecule has 0 aliphatic carbocycles. The van der Waals surface area contributed by atoms with Crippen LogP contribution in [0.3, 0.4) is 0 Å². The van der Waals surface area contributed by atoms with Crippen LogP contribution in [0, 0.1) is 0 Å². The summed E-state index contributed by atoms with van der Waals surface area (Å²) >= 11 is 0. The van der Waals surface area contributed by atoms with Crippen molar-refractivity contribution < 1.29 is 0 Å². The number of benzene rings is 1. The van der Waals surface area contributed by atoms with E-state index in [1.165, 1.54) is 5.56 Å². The Hall–Kier alpha value is -0.860. The fourth-order valence-electron chi connectivity index (χ4n) is 3.19. The number of halogens is 1. The van der Waals surface area contributed by atoms with Crippen LogP contribution in [-0.2, 0) is 6.54 Å². The highest BCUT2D eigenvalue weighted by atomic mass is 127. The second-order valence-electron chi connectivity index (χ2n) is 8.12. The maximum absolute atomic E-state index is 4.72. The van der Waals surface area contributed by atoms with E-state index in [9.17, 15) is 0 Å². The number of nitrogens with zero attached hydrogens (tertiary/aromatic N) is 2. The van der Waals surface area contributed by atoms with Gasteiger partial charge in [0.05, 0.1) is 6.54 Å². The van der Waals surface area contributed by atoms with Gasteiger partial charge in [0.25, 0.3) is 0 Å². The Balaban J connectivity index is 0.00000364. The van der Waals surface area contributed by atoms with E-state index in [1.807, 2.05) is 0 Å². The Morgan fingerprint density at radius 2 is 1.81 bits per heavy atom. The number of nitrogens with one attached hydrogen (secondary N) is 3. The summed E-state index contributed by atoms with van der Waals surface area (Å²) in [6.45, 7) is 14.6. The van der Waals surface area contributed by atoms with Crippen molar-refractivity contribution in [2.24, 2.45) is 4.99 Å². The second-order valence-corrected chi connectivity index (χ2v) is 8.12. The quantitative estimate of drug-likeness (QED) is 0.239. The molecule has 1 aliphatic heterocycles. The molecule has 0 atom stereocenters. The van der Waals surface area contributed by atoms with Gasteiger partial charge in [-0.05, 0) is 46.1 Å². The van der Waals surface area contributed by atoms with Crippen LogP contribution in [0.25, 0.3) is 0 Å². The molecule has 154 valence electrons. The largest absolute Gasteiger partial charge is 0.357 e. The van der Waals surface area contributed by atoms with Crippen molar-refractivity contribution in [2.75, 3.05) is 32.7 Å². The third-order valence-corrected chi connectivity index (χ3v) is 4.56. The number of likely N-dealkylation sites (tertiary alicyclic amines) is 1. The van der Waals surface area contributed by atoms with Gasteiger partial charge in [-0.1, -0.05) is 30.3 Å². The van der Waals surface area contributed by atoms with Crippen LogP contribution < -0.4 is 16.0 Å². The fraction of sp³-hybridized carbons (Fsp3) is 0.667. The minimum Gasteiger partial charge on any atom is -0.357 e. The predicted molar refractivity (Wildman–Crippen MR) is 127 cm³/mol. The molecule has 1 aromatic rings. The van der Waals surface area contributed by atoms with E-state index >= 15 is 0 Å². The lowest BCUT2D eigenvalue weighted by Gasteiger charge is -2.33. The Labute approximate surface area is 182 Å². The van der Waals surface area contributed by atoms with E-state index in [1.54, 1.807) is 0 Å². The average molecular weight is 487 g/mol. The summed E-state index contributed by atoms with van der Waals surface area (Å²) in [5, 5.41) is 10.5.